The molecule has 18 heavy (non-hydrogen) atoms. The summed E-state index contributed by atoms with van der Waals surface area (Å²) in [5, 5.41) is 0. The van der Waals surface area contributed by atoms with Gasteiger partial charge in [-0.25, -0.2) is 4.39 Å². The Morgan fingerprint density at radius 1 is 1.33 bits per heavy atom. The van der Waals surface area contributed by atoms with E-state index in [1.54, 1.807) is 7.05 Å². The highest BCUT2D eigenvalue weighted by atomic mass is 19.1. The molecule has 1 aliphatic rings. The van der Waals surface area contributed by atoms with Crippen LogP contribution in [0, 0.1) is 0 Å². The Labute approximate surface area is 107 Å². The van der Waals surface area contributed by atoms with E-state index in [2.05, 4.69) is 4.74 Å². The van der Waals surface area contributed by atoms with Crippen LogP contribution in [0.15, 0.2) is 0 Å². The topological polar surface area (TPSA) is 46.6 Å². The Morgan fingerprint density at radius 3 is 2.39 bits per heavy atom. The number of amides is 1. The number of rotatable bonds is 4. The summed E-state index contributed by atoms with van der Waals surface area (Å²) in [6.45, 7) is 1.14. The molecule has 0 N–H and O–H groups in total. The van der Waals surface area contributed by atoms with Gasteiger partial charge >= 0.3 is 5.97 Å². The molecule has 0 bridgehead atoms. The largest absolute Gasteiger partial charge is 0.469 e. The Hall–Kier alpha value is -1.13. The summed E-state index contributed by atoms with van der Waals surface area (Å²) in [4.78, 5) is 24.6. The lowest BCUT2D eigenvalue weighted by Crippen LogP contribution is -2.48. The number of hydrogen-bond donors (Lipinski definition) is 0. The van der Waals surface area contributed by atoms with E-state index >= 15 is 0 Å². The Bertz CT molecular complexity index is 311. The van der Waals surface area contributed by atoms with Gasteiger partial charge in [0.05, 0.1) is 13.5 Å². The van der Waals surface area contributed by atoms with Crippen molar-refractivity contribution in [3.63, 3.8) is 0 Å². The molecule has 1 amide bonds. The number of nitrogens with zero attached hydrogens (tertiary/aromatic N) is 1. The molecule has 1 aliphatic carbocycles. The van der Waals surface area contributed by atoms with Gasteiger partial charge in [-0.15, -0.1) is 0 Å². The molecule has 0 aromatic heterocycles. The van der Waals surface area contributed by atoms with Crippen LogP contribution in [0.1, 0.15) is 45.4 Å². The molecule has 1 unspecified atom stereocenters. The third kappa shape index (κ3) is 3.68. The van der Waals surface area contributed by atoms with Crippen LogP contribution in [-0.2, 0) is 14.3 Å². The van der Waals surface area contributed by atoms with Crippen LogP contribution in [-0.4, -0.2) is 42.6 Å². The fourth-order valence-corrected chi connectivity index (χ4v) is 2.42. The second-order valence-electron chi connectivity index (χ2n) is 5.16. The molecular weight excluding hydrogens is 237 g/mol. The molecule has 0 aromatic rings. The fraction of sp³-hybridized carbons (Fsp3) is 0.846. The number of methoxy groups -OCH3 is 1. The number of hydrogen-bond acceptors (Lipinski definition) is 3. The van der Waals surface area contributed by atoms with Gasteiger partial charge < -0.3 is 9.64 Å². The lowest BCUT2D eigenvalue weighted by Gasteiger charge is -2.34. The third-order valence-electron chi connectivity index (χ3n) is 3.59. The average Bonchev–Trinajstić information content (AvgIpc) is 2.37. The van der Waals surface area contributed by atoms with E-state index in [0.29, 0.717) is 0 Å². The summed E-state index contributed by atoms with van der Waals surface area (Å²) in [5.41, 5.74) is -2.18. The van der Waals surface area contributed by atoms with Crippen molar-refractivity contribution >= 4 is 11.9 Å². The van der Waals surface area contributed by atoms with Crippen LogP contribution >= 0.6 is 0 Å². The SMILES string of the molecule is COC(=O)CC(C)(F)C(=O)N(C)C1CCCCC1. The molecule has 0 radical (unpaired) electrons. The van der Waals surface area contributed by atoms with Gasteiger partial charge in [-0.2, -0.15) is 0 Å². The van der Waals surface area contributed by atoms with Crippen LogP contribution < -0.4 is 0 Å². The molecule has 104 valence electrons. The van der Waals surface area contributed by atoms with Gasteiger partial charge in [-0.05, 0) is 19.8 Å². The van der Waals surface area contributed by atoms with Gasteiger partial charge in [0.1, 0.15) is 0 Å². The van der Waals surface area contributed by atoms with Crippen molar-refractivity contribution in [2.45, 2.75) is 57.2 Å². The van der Waals surface area contributed by atoms with E-state index in [1.807, 2.05) is 0 Å². The minimum absolute atomic E-state index is 0.0963. The second kappa shape index (κ2) is 6.16. The summed E-state index contributed by atoms with van der Waals surface area (Å²) >= 11 is 0. The maximum absolute atomic E-state index is 14.2. The third-order valence-corrected chi connectivity index (χ3v) is 3.59. The molecule has 0 saturated heterocycles. The van der Waals surface area contributed by atoms with Crippen LogP contribution in [0.3, 0.4) is 0 Å². The van der Waals surface area contributed by atoms with E-state index in [4.69, 9.17) is 0 Å². The Kier molecular flexibility index (Phi) is 5.11. The summed E-state index contributed by atoms with van der Waals surface area (Å²) in [5.74, 6) is -1.33. The van der Waals surface area contributed by atoms with E-state index in [1.165, 1.54) is 18.4 Å². The number of carbonyl (C=O) groups is 2. The molecule has 4 nitrogen and oxygen atoms in total. The quantitative estimate of drug-likeness (QED) is 0.726. The zero-order chi connectivity index (χ0) is 13.8. The zero-order valence-electron chi connectivity index (χ0n) is 11.4. The molecule has 0 aliphatic heterocycles. The van der Waals surface area contributed by atoms with E-state index in [-0.39, 0.29) is 6.04 Å². The molecule has 0 heterocycles. The summed E-state index contributed by atoms with van der Waals surface area (Å²) in [7, 11) is 2.81. The molecule has 0 aromatic carbocycles. The number of carbonyl (C=O) groups excluding carboxylic acids is 2. The Morgan fingerprint density at radius 2 is 1.89 bits per heavy atom. The van der Waals surface area contributed by atoms with Gasteiger partial charge in [-0.1, -0.05) is 19.3 Å². The van der Waals surface area contributed by atoms with Gasteiger partial charge in [0.15, 0.2) is 5.67 Å². The Balaban J connectivity index is 2.63. The number of alkyl halides is 1. The molecule has 5 heteroatoms. The molecule has 1 atom stereocenters. The smallest absolute Gasteiger partial charge is 0.309 e. The van der Waals surface area contributed by atoms with Crippen molar-refractivity contribution in [2.24, 2.45) is 0 Å². The van der Waals surface area contributed by atoms with Crippen molar-refractivity contribution in [1.29, 1.82) is 0 Å². The van der Waals surface area contributed by atoms with Gasteiger partial charge in [0.2, 0.25) is 0 Å². The van der Waals surface area contributed by atoms with Crippen molar-refractivity contribution in [3.8, 4) is 0 Å². The first-order valence-electron chi connectivity index (χ1n) is 6.41. The highest BCUT2D eigenvalue weighted by Gasteiger charge is 2.40. The fourth-order valence-electron chi connectivity index (χ4n) is 2.42. The summed E-state index contributed by atoms with van der Waals surface area (Å²) in [6.07, 6.45) is 4.62. The first-order valence-corrected chi connectivity index (χ1v) is 6.41. The van der Waals surface area contributed by atoms with Crippen LogP contribution in [0.4, 0.5) is 4.39 Å². The lowest BCUT2D eigenvalue weighted by atomic mass is 9.93. The predicted octanol–water partition coefficient (Wildman–Crippen LogP) is 2.07. The minimum Gasteiger partial charge on any atom is -0.469 e. The van der Waals surface area contributed by atoms with Crippen LogP contribution in [0.2, 0.25) is 0 Å². The molecule has 1 rings (SSSR count). The number of halogens is 1. The van der Waals surface area contributed by atoms with Crippen LogP contribution in [0.25, 0.3) is 0 Å². The predicted molar refractivity (Wildman–Crippen MR) is 65.8 cm³/mol. The maximum Gasteiger partial charge on any atom is 0.309 e. The molecular formula is C13H22FNO3. The first kappa shape index (κ1) is 14.9. The van der Waals surface area contributed by atoms with Crippen LogP contribution in [0.5, 0.6) is 0 Å². The van der Waals surface area contributed by atoms with Crippen molar-refractivity contribution in [2.75, 3.05) is 14.2 Å². The second-order valence-corrected chi connectivity index (χ2v) is 5.16. The standard InChI is InChI=1S/C13H22FNO3/c1-13(14,9-11(16)18-3)12(17)15(2)10-7-5-4-6-8-10/h10H,4-9H2,1-3H3. The monoisotopic (exact) mass is 259 g/mol. The highest BCUT2D eigenvalue weighted by Crippen LogP contribution is 2.26. The average molecular weight is 259 g/mol. The highest BCUT2D eigenvalue weighted by molar-refractivity contribution is 5.89. The van der Waals surface area contributed by atoms with Crippen molar-refractivity contribution < 1.29 is 18.7 Å². The minimum atomic E-state index is -2.18. The van der Waals surface area contributed by atoms with Gasteiger partial charge in [0.25, 0.3) is 5.91 Å². The molecule has 0 spiro atoms. The maximum atomic E-state index is 14.2. The van der Waals surface area contributed by atoms with Gasteiger partial charge in [-0.3, -0.25) is 9.59 Å². The number of esters is 1. The van der Waals surface area contributed by atoms with Crippen molar-refractivity contribution in [3.05, 3.63) is 0 Å². The molecule has 1 saturated carbocycles. The van der Waals surface area contributed by atoms with Crippen molar-refractivity contribution in [1.82, 2.24) is 4.90 Å². The first-order chi connectivity index (χ1) is 8.38. The van der Waals surface area contributed by atoms with E-state index < -0.39 is 24.0 Å². The van der Waals surface area contributed by atoms with E-state index in [0.717, 1.165) is 32.6 Å². The normalized spacial score (nSPS) is 20.0. The van der Waals surface area contributed by atoms with Gasteiger partial charge in [0, 0.05) is 13.1 Å². The van der Waals surface area contributed by atoms with E-state index in [9.17, 15) is 14.0 Å². The summed E-state index contributed by atoms with van der Waals surface area (Å²) < 4.78 is 18.6. The summed E-state index contributed by atoms with van der Waals surface area (Å²) in [6, 6.07) is 0.0963. The lowest BCUT2D eigenvalue weighted by molar-refractivity contribution is -0.154. The molecule has 1 fully saturated rings. The number of ether oxygens (including phenoxy) is 1. The zero-order valence-corrected chi connectivity index (χ0v) is 11.4.